The van der Waals surface area contributed by atoms with E-state index < -0.39 is 42.4 Å². The Labute approximate surface area is 173 Å². The molecule has 6 N–H and O–H groups in total. The highest BCUT2D eigenvalue weighted by molar-refractivity contribution is 7.99. The van der Waals surface area contributed by atoms with Crippen LogP contribution in [0.25, 0.3) is 0 Å². The van der Waals surface area contributed by atoms with Gasteiger partial charge in [0, 0.05) is 12.2 Å². The molecule has 0 spiro atoms. The molecule has 2 atom stereocenters. The molecule has 2 amide bonds. The summed E-state index contributed by atoms with van der Waals surface area (Å²) < 4.78 is 0. The van der Waals surface area contributed by atoms with E-state index >= 15 is 0 Å². The van der Waals surface area contributed by atoms with Crippen molar-refractivity contribution in [2.75, 3.05) is 18.1 Å². The van der Waals surface area contributed by atoms with Gasteiger partial charge in [-0.3, -0.25) is 19.2 Å². The average molecular weight is 426 g/mol. The molecule has 0 radical (unpaired) electrons. The third-order valence-corrected chi connectivity index (χ3v) is 5.09. The molecule has 0 aliphatic heterocycles. The number of carboxylic acid groups (broad SMARTS) is 2. The van der Waals surface area contributed by atoms with Gasteiger partial charge >= 0.3 is 11.9 Å². The third kappa shape index (κ3) is 11.1. The van der Waals surface area contributed by atoms with Crippen LogP contribution in [-0.4, -0.2) is 64.1 Å². The first-order valence-corrected chi connectivity index (χ1v) is 10.3. The summed E-state index contributed by atoms with van der Waals surface area (Å²) in [7, 11) is 0. The van der Waals surface area contributed by atoms with E-state index in [0.29, 0.717) is 0 Å². The second kappa shape index (κ2) is 13.6. The first kappa shape index (κ1) is 24.4. The van der Waals surface area contributed by atoms with E-state index in [9.17, 15) is 19.2 Å². The summed E-state index contributed by atoms with van der Waals surface area (Å²) >= 11 is 1.47. The highest BCUT2D eigenvalue weighted by Gasteiger charge is 2.22. The molecule has 29 heavy (non-hydrogen) atoms. The van der Waals surface area contributed by atoms with Gasteiger partial charge in [-0.05, 0) is 30.6 Å². The van der Waals surface area contributed by atoms with Gasteiger partial charge in [-0.25, -0.2) is 0 Å². The number of hydrogen-bond donors (Lipinski definition) is 5. The number of hydrogen-bond acceptors (Lipinski definition) is 6. The van der Waals surface area contributed by atoms with Crippen molar-refractivity contribution in [2.45, 2.75) is 37.8 Å². The number of aliphatic carboxylic acids is 2. The van der Waals surface area contributed by atoms with Crippen LogP contribution in [0.1, 0.15) is 24.8 Å². The first-order chi connectivity index (χ1) is 13.8. The molecule has 1 aromatic carbocycles. The summed E-state index contributed by atoms with van der Waals surface area (Å²) in [6.45, 7) is -0.548. The number of carbonyl (C=O) groups is 4. The maximum atomic E-state index is 12.2. The van der Waals surface area contributed by atoms with Gasteiger partial charge in [0.25, 0.3) is 0 Å². The minimum Gasteiger partial charge on any atom is -0.480 e. The number of nitrogens with two attached hydrogens (primary N) is 1. The Bertz CT molecular complexity index is 686. The van der Waals surface area contributed by atoms with Crippen LogP contribution < -0.4 is 16.4 Å². The summed E-state index contributed by atoms with van der Waals surface area (Å²) in [6.07, 6.45) is 1.58. The van der Waals surface area contributed by atoms with Gasteiger partial charge in [-0.15, -0.1) is 0 Å². The van der Waals surface area contributed by atoms with Crippen LogP contribution in [0, 0.1) is 0 Å². The van der Waals surface area contributed by atoms with Crippen molar-refractivity contribution >= 4 is 35.5 Å². The normalized spacial score (nSPS) is 12.6. The van der Waals surface area contributed by atoms with Crippen molar-refractivity contribution < 1.29 is 29.4 Å². The fourth-order valence-corrected chi connectivity index (χ4v) is 3.36. The molecular weight excluding hydrogens is 398 g/mol. The molecule has 0 aromatic heterocycles. The summed E-state index contributed by atoms with van der Waals surface area (Å²) in [4.78, 5) is 45.6. The van der Waals surface area contributed by atoms with Crippen LogP contribution in [0.3, 0.4) is 0 Å². The number of benzene rings is 1. The molecule has 0 heterocycles. The molecule has 0 bridgehead atoms. The Morgan fingerprint density at radius 3 is 2.41 bits per heavy atom. The summed E-state index contributed by atoms with van der Waals surface area (Å²) in [6, 6.07) is 7.89. The zero-order valence-electron chi connectivity index (χ0n) is 16.0. The number of amides is 2. The summed E-state index contributed by atoms with van der Waals surface area (Å²) in [5, 5.41) is 22.2. The largest absolute Gasteiger partial charge is 0.480 e. The molecular formula is C19H27N3O6S. The minimum absolute atomic E-state index is 0.0607. The maximum Gasteiger partial charge on any atom is 0.322 e. The predicted molar refractivity (Wildman–Crippen MR) is 110 cm³/mol. The molecule has 0 aliphatic rings. The van der Waals surface area contributed by atoms with Crippen molar-refractivity contribution in [3.05, 3.63) is 35.9 Å². The second-order valence-corrected chi connectivity index (χ2v) is 7.53. The van der Waals surface area contributed by atoms with Crippen molar-refractivity contribution in [2.24, 2.45) is 5.73 Å². The van der Waals surface area contributed by atoms with E-state index in [1.54, 1.807) is 0 Å². The van der Waals surface area contributed by atoms with Crippen LogP contribution in [0.2, 0.25) is 0 Å². The molecule has 0 fully saturated rings. The van der Waals surface area contributed by atoms with Crippen LogP contribution in [-0.2, 0) is 25.6 Å². The number of carbonyl (C=O) groups excluding carboxylic acids is 2. The number of rotatable bonds is 14. The number of thioether (sulfide) groups is 1. The van der Waals surface area contributed by atoms with E-state index in [0.717, 1.165) is 18.6 Å². The van der Waals surface area contributed by atoms with Crippen LogP contribution in [0.5, 0.6) is 0 Å². The fraction of sp³-hybridized carbons (Fsp3) is 0.474. The van der Waals surface area contributed by atoms with Gasteiger partial charge in [-0.2, -0.15) is 11.8 Å². The average Bonchev–Trinajstić information content (AvgIpc) is 2.69. The van der Waals surface area contributed by atoms with Crippen LogP contribution in [0.4, 0.5) is 0 Å². The molecule has 0 aliphatic carbocycles. The van der Waals surface area contributed by atoms with Crippen molar-refractivity contribution in [1.29, 1.82) is 0 Å². The first-order valence-electron chi connectivity index (χ1n) is 9.18. The smallest absolute Gasteiger partial charge is 0.322 e. The predicted octanol–water partition coefficient (Wildman–Crippen LogP) is 0.230. The Morgan fingerprint density at radius 2 is 1.79 bits per heavy atom. The lowest BCUT2D eigenvalue weighted by Gasteiger charge is -2.18. The lowest BCUT2D eigenvalue weighted by Crippen LogP contribution is -2.49. The van der Waals surface area contributed by atoms with Gasteiger partial charge in [-0.1, -0.05) is 30.3 Å². The molecule has 1 rings (SSSR count). The highest BCUT2D eigenvalue weighted by Crippen LogP contribution is 2.10. The van der Waals surface area contributed by atoms with Gasteiger partial charge in [0.2, 0.25) is 11.8 Å². The molecule has 1 aromatic rings. The molecule has 160 valence electrons. The molecule has 0 saturated heterocycles. The lowest BCUT2D eigenvalue weighted by atomic mass is 10.1. The second-order valence-electron chi connectivity index (χ2n) is 6.38. The van der Waals surface area contributed by atoms with Crippen LogP contribution >= 0.6 is 11.8 Å². The number of carboxylic acids is 2. The van der Waals surface area contributed by atoms with Gasteiger partial charge in [0.1, 0.15) is 18.6 Å². The Hall–Kier alpha value is -2.59. The zero-order valence-corrected chi connectivity index (χ0v) is 16.8. The van der Waals surface area contributed by atoms with Gasteiger partial charge in [0.05, 0.1) is 0 Å². The Balaban J connectivity index is 2.47. The van der Waals surface area contributed by atoms with Gasteiger partial charge < -0.3 is 26.6 Å². The third-order valence-electron chi connectivity index (χ3n) is 3.95. The topological polar surface area (TPSA) is 159 Å². The van der Waals surface area contributed by atoms with Crippen molar-refractivity contribution in [1.82, 2.24) is 10.6 Å². The maximum absolute atomic E-state index is 12.2. The zero-order chi connectivity index (χ0) is 21.6. The van der Waals surface area contributed by atoms with E-state index in [-0.39, 0.29) is 18.6 Å². The highest BCUT2D eigenvalue weighted by atomic mass is 32.2. The summed E-state index contributed by atoms with van der Waals surface area (Å²) in [5.74, 6) is -2.47. The summed E-state index contributed by atoms with van der Waals surface area (Å²) in [5.41, 5.74) is 6.58. The number of aryl methyl sites for hydroxylation is 1. The Morgan fingerprint density at radius 1 is 1.10 bits per heavy atom. The van der Waals surface area contributed by atoms with E-state index in [4.69, 9.17) is 15.9 Å². The standard InChI is InChI=1S/C19H27N3O6S/c20-14(19(27)28)8-9-16(23)22-15(18(26)21-11-17(24)25)12-29-10-4-7-13-5-2-1-3-6-13/h1-3,5-6,14-15H,4,7-12,20H2,(H,21,26)(H,22,23)(H,24,25)(H,27,28)/t14-,15-/m0/s1. The van der Waals surface area contributed by atoms with Crippen molar-refractivity contribution in [3.8, 4) is 0 Å². The van der Waals surface area contributed by atoms with Crippen LogP contribution in [0.15, 0.2) is 30.3 Å². The van der Waals surface area contributed by atoms with Gasteiger partial charge in [0.15, 0.2) is 0 Å². The minimum atomic E-state index is -1.21. The fourth-order valence-electron chi connectivity index (χ4n) is 2.37. The molecule has 10 heteroatoms. The number of nitrogens with one attached hydrogen (secondary N) is 2. The monoisotopic (exact) mass is 425 g/mol. The van der Waals surface area contributed by atoms with E-state index in [2.05, 4.69) is 10.6 Å². The SMILES string of the molecule is N[C@@H](CCC(=O)N[C@@H](CSCCCc1ccccc1)C(=O)NCC(=O)O)C(=O)O. The molecule has 0 unspecified atom stereocenters. The molecule has 0 saturated carbocycles. The molecule has 9 nitrogen and oxygen atoms in total. The lowest BCUT2D eigenvalue weighted by molar-refractivity contribution is -0.139. The van der Waals surface area contributed by atoms with Crippen molar-refractivity contribution in [3.63, 3.8) is 0 Å². The quantitative estimate of drug-likeness (QED) is 0.265. The Kier molecular flexibility index (Phi) is 11.4. The van der Waals surface area contributed by atoms with E-state index in [1.165, 1.54) is 17.3 Å². The van der Waals surface area contributed by atoms with E-state index in [1.807, 2.05) is 30.3 Å².